The highest BCUT2D eigenvalue weighted by atomic mass is 19.1. The first-order chi connectivity index (χ1) is 16.1. The molecule has 3 aromatic heterocycles. The Bertz CT molecular complexity index is 1250. The highest BCUT2D eigenvalue weighted by Crippen LogP contribution is 2.23. The minimum atomic E-state index is -0.393. The van der Waals surface area contributed by atoms with Gasteiger partial charge in [-0.3, -0.25) is 14.5 Å². The van der Waals surface area contributed by atoms with Crippen LogP contribution in [0.3, 0.4) is 0 Å². The molecule has 5 rings (SSSR count). The Balaban J connectivity index is 1.39. The van der Waals surface area contributed by atoms with Gasteiger partial charge in [0.2, 0.25) is 0 Å². The molecule has 1 aliphatic rings. The van der Waals surface area contributed by atoms with Gasteiger partial charge < -0.3 is 9.64 Å². The van der Waals surface area contributed by atoms with Crippen molar-refractivity contribution in [1.29, 1.82) is 0 Å². The number of hydrogen-bond donors (Lipinski definition) is 0. The first kappa shape index (κ1) is 21.0. The van der Waals surface area contributed by atoms with Gasteiger partial charge in [0.05, 0.1) is 54.7 Å². The Kier molecular flexibility index (Phi) is 5.66. The first-order valence-corrected chi connectivity index (χ1v) is 10.6. The number of aromatic nitrogens is 6. The minimum absolute atomic E-state index is 0.112. The zero-order valence-corrected chi connectivity index (χ0v) is 18.0. The quantitative estimate of drug-likeness (QED) is 0.467. The number of nitrogens with zero attached hydrogens (tertiary/aromatic N) is 7. The van der Waals surface area contributed by atoms with Gasteiger partial charge in [-0.2, -0.15) is 20.1 Å². The molecule has 0 spiro atoms. The van der Waals surface area contributed by atoms with Crippen LogP contribution in [0.2, 0.25) is 0 Å². The zero-order chi connectivity index (χ0) is 22.8. The summed E-state index contributed by atoms with van der Waals surface area (Å²) in [5.41, 5.74) is 3.33. The molecule has 4 heterocycles. The molecule has 1 amide bonds. The smallest absolute Gasteiger partial charge is 0.258 e. The molecule has 1 saturated heterocycles. The maximum atomic E-state index is 13.6. The molecule has 0 N–H and O–H groups in total. The highest BCUT2D eigenvalue weighted by Gasteiger charge is 2.30. The van der Waals surface area contributed by atoms with Gasteiger partial charge in [0.1, 0.15) is 18.2 Å². The van der Waals surface area contributed by atoms with Crippen LogP contribution in [0.5, 0.6) is 0 Å². The van der Waals surface area contributed by atoms with Crippen LogP contribution in [0.25, 0.3) is 17.1 Å². The maximum Gasteiger partial charge on any atom is 0.258 e. The lowest BCUT2D eigenvalue weighted by Crippen LogP contribution is -2.48. The summed E-state index contributed by atoms with van der Waals surface area (Å²) < 4.78 is 20.6. The van der Waals surface area contributed by atoms with E-state index in [1.54, 1.807) is 28.0 Å². The number of carbonyl (C=O) groups excluding carboxylic acids is 1. The number of ether oxygens (including phenoxy) is 1. The van der Waals surface area contributed by atoms with Crippen LogP contribution in [0, 0.1) is 12.7 Å². The van der Waals surface area contributed by atoms with Crippen molar-refractivity contribution < 1.29 is 13.9 Å². The van der Waals surface area contributed by atoms with Gasteiger partial charge in [0, 0.05) is 6.20 Å². The molecule has 0 radical (unpaired) electrons. The molecule has 0 unspecified atom stereocenters. The van der Waals surface area contributed by atoms with Crippen LogP contribution in [0.15, 0.2) is 61.2 Å². The molecule has 4 aromatic rings. The van der Waals surface area contributed by atoms with Crippen LogP contribution in [-0.4, -0.2) is 59.9 Å². The molecular weight excluding hydrogens is 425 g/mol. The van der Waals surface area contributed by atoms with Crippen molar-refractivity contribution >= 4 is 5.91 Å². The maximum absolute atomic E-state index is 13.6. The Morgan fingerprint density at radius 1 is 1.15 bits per heavy atom. The van der Waals surface area contributed by atoms with E-state index in [9.17, 15) is 9.18 Å². The van der Waals surface area contributed by atoms with Crippen molar-refractivity contribution in [2.75, 3.05) is 13.3 Å². The summed E-state index contributed by atoms with van der Waals surface area (Å²) in [4.78, 5) is 20.9. The summed E-state index contributed by atoms with van der Waals surface area (Å²) in [6.07, 6.45) is 6.83. The fraction of sp³-hybridized carbons (Fsp3) is 0.261. The van der Waals surface area contributed by atoms with Crippen LogP contribution in [0.1, 0.15) is 22.3 Å². The fourth-order valence-corrected chi connectivity index (χ4v) is 3.89. The molecule has 168 valence electrons. The summed E-state index contributed by atoms with van der Waals surface area (Å²) in [6, 6.07) is 10.3. The third-order valence-corrected chi connectivity index (χ3v) is 5.57. The van der Waals surface area contributed by atoms with Crippen molar-refractivity contribution in [3.63, 3.8) is 0 Å². The average molecular weight is 447 g/mol. The van der Waals surface area contributed by atoms with E-state index >= 15 is 0 Å². The van der Waals surface area contributed by atoms with Crippen LogP contribution in [-0.2, 0) is 11.3 Å². The number of aryl methyl sites for hydroxylation is 1. The molecule has 1 atom stereocenters. The molecule has 33 heavy (non-hydrogen) atoms. The molecule has 9 nitrogen and oxygen atoms in total. The van der Waals surface area contributed by atoms with Gasteiger partial charge in [-0.25, -0.2) is 4.39 Å². The molecule has 1 fully saturated rings. The van der Waals surface area contributed by atoms with Crippen LogP contribution >= 0.6 is 0 Å². The zero-order valence-electron chi connectivity index (χ0n) is 18.0. The Hall–Kier alpha value is -3.92. The van der Waals surface area contributed by atoms with E-state index in [4.69, 9.17) is 4.74 Å². The number of rotatable bonds is 5. The van der Waals surface area contributed by atoms with E-state index in [1.807, 2.05) is 37.4 Å². The van der Waals surface area contributed by atoms with E-state index in [1.165, 1.54) is 17.1 Å². The first-order valence-electron chi connectivity index (χ1n) is 10.6. The molecule has 0 bridgehead atoms. The lowest BCUT2D eigenvalue weighted by atomic mass is 10.1. The minimum Gasteiger partial charge on any atom is -0.361 e. The molecular formula is C23H22FN7O2. The van der Waals surface area contributed by atoms with Gasteiger partial charge in [-0.15, -0.1) is 0 Å². The van der Waals surface area contributed by atoms with E-state index in [0.717, 1.165) is 5.56 Å². The second kappa shape index (κ2) is 8.91. The molecule has 1 aromatic carbocycles. The van der Waals surface area contributed by atoms with Crippen molar-refractivity contribution in [3.8, 4) is 17.1 Å². The predicted octanol–water partition coefficient (Wildman–Crippen LogP) is 2.86. The van der Waals surface area contributed by atoms with Crippen molar-refractivity contribution in [1.82, 2.24) is 34.7 Å². The van der Waals surface area contributed by atoms with E-state index < -0.39 is 5.82 Å². The average Bonchev–Trinajstić information content (AvgIpc) is 3.52. The predicted molar refractivity (Wildman–Crippen MR) is 117 cm³/mol. The summed E-state index contributed by atoms with van der Waals surface area (Å²) in [7, 11) is 0. The topological polar surface area (TPSA) is 91.0 Å². The molecule has 0 aliphatic carbocycles. The van der Waals surface area contributed by atoms with Gasteiger partial charge in [-0.1, -0.05) is 11.6 Å². The molecule has 1 aliphatic heterocycles. The van der Waals surface area contributed by atoms with Gasteiger partial charge in [-0.05, 0) is 43.7 Å². The van der Waals surface area contributed by atoms with Crippen LogP contribution < -0.4 is 0 Å². The van der Waals surface area contributed by atoms with E-state index in [0.29, 0.717) is 42.2 Å². The largest absolute Gasteiger partial charge is 0.361 e. The van der Waals surface area contributed by atoms with Gasteiger partial charge in [0.15, 0.2) is 0 Å². The van der Waals surface area contributed by atoms with Crippen molar-refractivity contribution in [3.05, 3.63) is 78.1 Å². The number of pyridine rings is 1. The summed E-state index contributed by atoms with van der Waals surface area (Å²) in [5.74, 6) is -0.543. The van der Waals surface area contributed by atoms with E-state index in [-0.39, 0.29) is 18.7 Å². The standard InChI is InChI=1S/C23H22FN7O2/c1-16-2-5-22(31-26-8-9-27-31)19(12-16)23(32)30-15-33-11-7-18(30)14-29-10-6-21(28-29)20-4-3-17(24)13-25-20/h2-6,8-10,12-13,18H,7,11,14-15H2,1H3/t18-/m0/s1. The second-order valence-corrected chi connectivity index (χ2v) is 7.88. The van der Waals surface area contributed by atoms with Gasteiger partial charge >= 0.3 is 0 Å². The number of amides is 1. The number of halogens is 1. The molecule has 0 saturated carbocycles. The second-order valence-electron chi connectivity index (χ2n) is 7.88. The highest BCUT2D eigenvalue weighted by molar-refractivity contribution is 5.98. The SMILES string of the molecule is Cc1ccc(-n2nccn2)c(C(=O)N2COCC[C@H]2Cn2ccc(-c3ccc(F)cn3)n2)c1. The van der Waals surface area contributed by atoms with Crippen molar-refractivity contribution in [2.45, 2.75) is 25.9 Å². The van der Waals surface area contributed by atoms with E-state index in [2.05, 4.69) is 20.3 Å². The number of carbonyl (C=O) groups is 1. The number of hydrogen-bond acceptors (Lipinski definition) is 6. The monoisotopic (exact) mass is 447 g/mol. The van der Waals surface area contributed by atoms with Gasteiger partial charge in [0.25, 0.3) is 5.91 Å². The molecule has 10 heteroatoms. The Labute approximate surface area is 189 Å². The summed E-state index contributed by atoms with van der Waals surface area (Å²) in [6.45, 7) is 3.19. The normalized spacial score (nSPS) is 16.2. The lowest BCUT2D eigenvalue weighted by molar-refractivity contribution is -0.0374. The third-order valence-electron chi connectivity index (χ3n) is 5.57. The Morgan fingerprint density at radius 2 is 2.00 bits per heavy atom. The van der Waals surface area contributed by atoms with Crippen LogP contribution in [0.4, 0.5) is 4.39 Å². The lowest BCUT2D eigenvalue weighted by Gasteiger charge is -2.35. The summed E-state index contributed by atoms with van der Waals surface area (Å²) >= 11 is 0. The number of benzene rings is 1. The fourth-order valence-electron chi connectivity index (χ4n) is 3.89. The Morgan fingerprint density at radius 3 is 2.79 bits per heavy atom. The third kappa shape index (κ3) is 4.37. The van der Waals surface area contributed by atoms with Crippen molar-refractivity contribution in [2.24, 2.45) is 0 Å². The summed E-state index contributed by atoms with van der Waals surface area (Å²) in [5, 5.41) is 12.9.